The number of esters is 1. The first-order valence-electron chi connectivity index (χ1n) is 6.78. The van der Waals surface area contributed by atoms with Crippen LogP contribution in [0.3, 0.4) is 0 Å². The van der Waals surface area contributed by atoms with Gasteiger partial charge in [0.1, 0.15) is 0 Å². The van der Waals surface area contributed by atoms with E-state index in [1.807, 2.05) is 30.7 Å². The Kier molecular flexibility index (Phi) is 7.45. The molecule has 0 unspecified atom stereocenters. The fourth-order valence-corrected chi connectivity index (χ4v) is 2.13. The summed E-state index contributed by atoms with van der Waals surface area (Å²) in [5.74, 6) is -1.10. The van der Waals surface area contributed by atoms with Crippen molar-refractivity contribution in [1.29, 1.82) is 0 Å². The van der Waals surface area contributed by atoms with Crippen molar-refractivity contribution in [2.24, 2.45) is 0 Å². The van der Waals surface area contributed by atoms with Crippen LogP contribution >= 0.6 is 11.3 Å². The van der Waals surface area contributed by atoms with Crippen LogP contribution in [-0.2, 0) is 20.7 Å². The molecule has 0 saturated carbocycles. The molecular formula is C14H20N2O4S. The summed E-state index contributed by atoms with van der Waals surface area (Å²) in [6.45, 7) is 3.30. The summed E-state index contributed by atoms with van der Waals surface area (Å²) < 4.78 is 4.81. The lowest BCUT2D eigenvalue weighted by molar-refractivity contribution is -0.148. The fraction of sp³-hybridized carbons (Fsp3) is 0.500. The molecule has 1 heterocycles. The summed E-state index contributed by atoms with van der Waals surface area (Å²) in [4.78, 5) is 34.2. The van der Waals surface area contributed by atoms with E-state index in [0.717, 1.165) is 12.0 Å². The molecule has 0 spiro atoms. The highest BCUT2D eigenvalue weighted by molar-refractivity contribution is 7.07. The van der Waals surface area contributed by atoms with Gasteiger partial charge in [-0.2, -0.15) is 11.3 Å². The zero-order valence-corrected chi connectivity index (χ0v) is 13.0. The minimum Gasteiger partial charge on any atom is -0.456 e. The lowest BCUT2D eigenvalue weighted by Gasteiger charge is -2.11. The molecule has 0 radical (unpaired) electrons. The van der Waals surface area contributed by atoms with Crippen LogP contribution in [0.4, 0.5) is 4.79 Å². The second-order valence-electron chi connectivity index (χ2n) is 4.62. The van der Waals surface area contributed by atoms with E-state index in [9.17, 15) is 14.4 Å². The predicted octanol–water partition coefficient (Wildman–Crippen LogP) is 1.85. The van der Waals surface area contributed by atoms with Crippen LogP contribution in [0.15, 0.2) is 16.8 Å². The Balaban J connectivity index is 2.17. The highest BCUT2D eigenvalue weighted by atomic mass is 32.1. The first kappa shape index (κ1) is 17.2. The molecule has 1 aromatic rings. The lowest BCUT2D eigenvalue weighted by Crippen LogP contribution is -2.44. The maximum atomic E-state index is 11.5. The monoisotopic (exact) mass is 312 g/mol. The van der Waals surface area contributed by atoms with E-state index in [1.165, 1.54) is 0 Å². The first-order chi connectivity index (χ1) is 10.0. The number of hydrogen-bond acceptors (Lipinski definition) is 5. The number of nitrogens with one attached hydrogen (secondary N) is 2. The van der Waals surface area contributed by atoms with Crippen LogP contribution in [0.1, 0.15) is 32.3 Å². The van der Waals surface area contributed by atoms with Gasteiger partial charge in [0, 0.05) is 12.5 Å². The third kappa shape index (κ3) is 7.45. The van der Waals surface area contributed by atoms with Gasteiger partial charge in [-0.1, -0.05) is 6.92 Å². The number of carbonyl (C=O) groups is 3. The second kappa shape index (κ2) is 9.12. The second-order valence-corrected chi connectivity index (χ2v) is 5.40. The average Bonchev–Trinajstić information content (AvgIpc) is 2.95. The van der Waals surface area contributed by atoms with Crippen LogP contribution in [0.25, 0.3) is 0 Å². The summed E-state index contributed by atoms with van der Waals surface area (Å²) in [6.07, 6.45) is 1.56. The fourth-order valence-electron chi connectivity index (χ4n) is 1.42. The molecule has 3 amide bonds. The van der Waals surface area contributed by atoms with Gasteiger partial charge in [0.15, 0.2) is 6.61 Å². The van der Waals surface area contributed by atoms with Crippen molar-refractivity contribution < 1.29 is 19.1 Å². The number of aryl methyl sites for hydroxylation is 1. The van der Waals surface area contributed by atoms with Gasteiger partial charge in [0.05, 0.1) is 0 Å². The van der Waals surface area contributed by atoms with Gasteiger partial charge in [0.2, 0.25) is 0 Å². The van der Waals surface area contributed by atoms with Gasteiger partial charge >= 0.3 is 12.0 Å². The summed E-state index contributed by atoms with van der Waals surface area (Å²) in [5.41, 5.74) is 1.06. The number of amides is 3. The van der Waals surface area contributed by atoms with E-state index in [1.54, 1.807) is 11.3 Å². The molecule has 0 aliphatic rings. The smallest absolute Gasteiger partial charge is 0.321 e. The number of carbonyl (C=O) groups excluding carboxylic acids is 3. The molecule has 21 heavy (non-hydrogen) atoms. The van der Waals surface area contributed by atoms with E-state index in [2.05, 4.69) is 10.6 Å². The summed E-state index contributed by atoms with van der Waals surface area (Å²) in [6, 6.07) is 1.33. The van der Waals surface area contributed by atoms with Crippen molar-refractivity contribution in [3.05, 3.63) is 22.4 Å². The maximum absolute atomic E-state index is 11.5. The van der Waals surface area contributed by atoms with E-state index in [0.29, 0.717) is 6.42 Å². The van der Waals surface area contributed by atoms with E-state index in [-0.39, 0.29) is 12.5 Å². The Morgan fingerprint density at radius 1 is 1.38 bits per heavy atom. The van der Waals surface area contributed by atoms with Crippen molar-refractivity contribution in [3.8, 4) is 0 Å². The zero-order valence-electron chi connectivity index (χ0n) is 12.2. The van der Waals surface area contributed by atoms with Crippen molar-refractivity contribution in [2.75, 3.05) is 6.61 Å². The Morgan fingerprint density at radius 2 is 2.14 bits per heavy atom. The average molecular weight is 312 g/mol. The molecule has 6 nitrogen and oxygen atoms in total. The highest BCUT2D eigenvalue weighted by Crippen LogP contribution is 2.08. The van der Waals surface area contributed by atoms with Crippen LogP contribution in [-0.4, -0.2) is 30.6 Å². The molecule has 7 heteroatoms. The number of urea groups is 1. The van der Waals surface area contributed by atoms with Crippen LogP contribution < -0.4 is 10.6 Å². The first-order valence-corrected chi connectivity index (χ1v) is 7.72. The number of thiophene rings is 1. The molecule has 0 fully saturated rings. The van der Waals surface area contributed by atoms with E-state index >= 15 is 0 Å². The molecular weight excluding hydrogens is 292 g/mol. The molecule has 1 atom stereocenters. The molecule has 2 N–H and O–H groups in total. The van der Waals surface area contributed by atoms with Crippen LogP contribution in [0, 0.1) is 0 Å². The van der Waals surface area contributed by atoms with Crippen molar-refractivity contribution in [2.45, 2.75) is 39.2 Å². The highest BCUT2D eigenvalue weighted by Gasteiger charge is 2.12. The third-order valence-corrected chi connectivity index (χ3v) is 3.54. The van der Waals surface area contributed by atoms with Gasteiger partial charge < -0.3 is 10.1 Å². The van der Waals surface area contributed by atoms with Gasteiger partial charge in [-0.15, -0.1) is 0 Å². The zero-order chi connectivity index (χ0) is 15.7. The van der Waals surface area contributed by atoms with Gasteiger partial charge in [-0.25, -0.2) is 4.79 Å². The van der Waals surface area contributed by atoms with E-state index in [4.69, 9.17) is 4.74 Å². The standard InChI is InChI=1S/C14H20N2O4S/c1-3-10(2)15-14(19)16-12(17)8-20-13(18)5-4-11-6-7-21-9-11/h6-7,9-10H,3-5,8H2,1-2H3,(H2,15,16,17,19)/t10-/m0/s1. The number of rotatable bonds is 7. The molecule has 0 bridgehead atoms. The molecule has 0 saturated heterocycles. The minimum atomic E-state index is -0.639. The Bertz CT molecular complexity index is 473. The molecule has 1 rings (SSSR count). The summed E-state index contributed by atoms with van der Waals surface area (Å²) in [5, 5.41) is 8.58. The van der Waals surface area contributed by atoms with E-state index < -0.39 is 24.5 Å². The number of hydrogen-bond donors (Lipinski definition) is 2. The van der Waals surface area contributed by atoms with Crippen molar-refractivity contribution >= 4 is 29.2 Å². The Hall–Kier alpha value is -1.89. The van der Waals surface area contributed by atoms with Gasteiger partial charge in [-0.05, 0) is 42.2 Å². The largest absolute Gasteiger partial charge is 0.456 e. The number of ether oxygens (including phenoxy) is 1. The molecule has 1 aromatic heterocycles. The lowest BCUT2D eigenvalue weighted by atomic mass is 10.2. The predicted molar refractivity (Wildman–Crippen MR) is 80.0 cm³/mol. The van der Waals surface area contributed by atoms with Crippen LogP contribution in [0.5, 0.6) is 0 Å². The quantitative estimate of drug-likeness (QED) is 0.753. The molecule has 0 aliphatic heterocycles. The minimum absolute atomic E-state index is 0.0223. The van der Waals surface area contributed by atoms with Crippen molar-refractivity contribution in [1.82, 2.24) is 10.6 Å². The Labute approximate surface area is 127 Å². The topological polar surface area (TPSA) is 84.5 Å². The molecule has 0 aromatic carbocycles. The number of imide groups is 1. The molecule has 116 valence electrons. The molecule has 0 aliphatic carbocycles. The Morgan fingerprint density at radius 3 is 2.76 bits per heavy atom. The SMILES string of the molecule is CC[C@H](C)NC(=O)NC(=O)COC(=O)CCc1ccsc1. The van der Waals surface area contributed by atoms with Gasteiger partial charge in [0.25, 0.3) is 5.91 Å². The normalized spacial score (nSPS) is 11.5. The van der Waals surface area contributed by atoms with Gasteiger partial charge in [-0.3, -0.25) is 14.9 Å². The third-order valence-electron chi connectivity index (χ3n) is 2.80. The summed E-state index contributed by atoms with van der Waals surface area (Å²) >= 11 is 1.56. The van der Waals surface area contributed by atoms with Crippen molar-refractivity contribution in [3.63, 3.8) is 0 Å². The van der Waals surface area contributed by atoms with Crippen LogP contribution in [0.2, 0.25) is 0 Å². The maximum Gasteiger partial charge on any atom is 0.321 e. The summed E-state index contributed by atoms with van der Waals surface area (Å²) in [7, 11) is 0.